The number of likely N-dealkylation sites (N-methyl/N-ethyl adjacent to an activating group) is 1. The summed E-state index contributed by atoms with van der Waals surface area (Å²) in [5.41, 5.74) is 0.290. The van der Waals surface area contributed by atoms with Crippen LogP contribution < -0.4 is 10.6 Å². The molecule has 0 saturated carbocycles. The Labute approximate surface area is 135 Å². The molecule has 120 valence electrons. The quantitative estimate of drug-likeness (QED) is 0.839. The van der Waals surface area contributed by atoms with Gasteiger partial charge in [0.15, 0.2) is 11.6 Å². The zero-order valence-electron chi connectivity index (χ0n) is 11.9. The van der Waals surface area contributed by atoms with Crippen molar-refractivity contribution in [3.05, 3.63) is 64.4 Å². The summed E-state index contributed by atoms with van der Waals surface area (Å²) in [6, 6.07) is 4.51. The molecule has 8 heteroatoms. The Hall–Kier alpha value is -2.54. The highest BCUT2D eigenvalue weighted by Gasteiger charge is 2.23. The average molecular weight is 340 g/mol. The van der Waals surface area contributed by atoms with E-state index in [0.717, 1.165) is 12.1 Å². The number of carbonyl (C=O) groups excluding carboxylic acids is 2. The minimum Gasteiger partial charge on any atom is -0.357 e. The highest BCUT2D eigenvalue weighted by Crippen LogP contribution is 2.18. The number of hydrogen-bond acceptors (Lipinski definition) is 3. The molecule has 5 nitrogen and oxygen atoms in total. The Kier molecular flexibility index (Phi) is 5.23. The van der Waals surface area contributed by atoms with E-state index in [2.05, 4.69) is 15.6 Å². The van der Waals surface area contributed by atoms with Crippen LogP contribution in [-0.2, 0) is 4.79 Å². The standard InChI is InChI=1S/C15H12ClF2N3O2/c1-19-15(23)13(8-2-3-10(17)11(18)6-8)21-14(22)9-4-5-20-12(16)7-9/h2-7,13H,1H3,(H,19,23)(H,21,22). The zero-order valence-corrected chi connectivity index (χ0v) is 12.7. The molecule has 0 spiro atoms. The van der Waals surface area contributed by atoms with Crippen molar-refractivity contribution in [2.45, 2.75) is 6.04 Å². The number of nitrogens with one attached hydrogen (secondary N) is 2. The molecule has 0 aliphatic heterocycles. The van der Waals surface area contributed by atoms with Crippen LogP contribution >= 0.6 is 11.6 Å². The summed E-state index contributed by atoms with van der Waals surface area (Å²) in [4.78, 5) is 27.9. The van der Waals surface area contributed by atoms with Crippen LogP contribution in [0.4, 0.5) is 8.78 Å². The summed E-state index contributed by atoms with van der Waals surface area (Å²) in [7, 11) is 1.37. The minimum atomic E-state index is -1.19. The fourth-order valence-electron chi connectivity index (χ4n) is 1.89. The van der Waals surface area contributed by atoms with Gasteiger partial charge in [0, 0.05) is 18.8 Å². The molecule has 0 fully saturated rings. The van der Waals surface area contributed by atoms with Crippen molar-refractivity contribution < 1.29 is 18.4 Å². The van der Waals surface area contributed by atoms with Crippen LogP contribution in [0.1, 0.15) is 22.0 Å². The molecule has 2 rings (SSSR count). The number of nitrogens with zero attached hydrogens (tertiary/aromatic N) is 1. The smallest absolute Gasteiger partial charge is 0.252 e. The molecule has 1 unspecified atom stereocenters. The van der Waals surface area contributed by atoms with Gasteiger partial charge in [0.25, 0.3) is 5.91 Å². The lowest BCUT2D eigenvalue weighted by Gasteiger charge is -2.18. The molecule has 0 saturated heterocycles. The van der Waals surface area contributed by atoms with Crippen LogP contribution in [-0.4, -0.2) is 23.8 Å². The molecule has 2 amide bonds. The second-order valence-corrected chi connectivity index (χ2v) is 4.95. The zero-order chi connectivity index (χ0) is 17.0. The van der Waals surface area contributed by atoms with E-state index in [0.29, 0.717) is 0 Å². The van der Waals surface area contributed by atoms with E-state index in [4.69, 9.17) is 11.6 Å². The SMILES string of the molecule is CNC(=O)C(NC(=O)c1ccnc(Cl)c1)c1ccc(F)c(F)c1. The number of rotatable bonds is 4. The Balaban J connectivity index is 2.30. The fraction of sp³-hybridized carbons (Fsp3) is 0.133. The molecule has 1 aromatic heterocycles. The highest BCUT2D eigenvalue weighted by molar-refractivity contribution is 6.29. The highest BCUT2D eigenvalue weighted by atomic mass is 35.5. The van der Waals surface area contributed by atoms with Crippen molar-refractivity contribution in [3.63, 3.8) is 0 Å². The van der Waals surface area contributed by atoms with Crippen molar-refractivity contribution in [3.8, 4) is 0 Å². The summed E-state index contributed by atoms with van der Waals surface area (Å²) in [6.07, 6.45) is 1.34. The minimum absolute atomic E-state index is 0.108. The van der Waals surface area contributed by atoms with Gasteiger partial charge in [0.05, 0.1) is 0 Å². The van der Waals surface area contributed by atoms with Crippen LogP contribution in [0.2, 0.25) is 5.15 Å². The molecular weight excluding hydrogens is 328 g/mol. The van der Waals surface area contributed by atoms with E-state index < -0.39 is 29.5 Å². The predicted molar refractivity (Wildman–Crippen MR) is 79.9 cm³/mol. The largest absolute Gasteiger partial charge is 0.357 e. The normalized spacial score (nSPS) is 11.7. The molecule has 2 aromatic rings. The molecular formula is C15H12ClF2N3O2. The van der Waals surface area contributed by atoms with E-state index in [-0.39, 0.29) is 16.3 Å². The Bertz CT molecular complexity index is 755. The maximum absolute atomic E-state index is 13.4. The van der Waals surface area contributed by atoms with Gasteiger partial charge < -0.3 is 10.6 Å². The van der Waals surface area contributed by atoms with Gasteiger partial charge in [-0.15, -0.1) is 0 Å². The van der Waals surface area contributed by atoms with Gasteiger partial charge in [0.2, 0.25) is 5.91 Å². The molecule has 1 heterocycles. The van der Waals surface area contributed by atoms with Gasteiger partial charge in [-0.1, -0.05) is 17.7 Å². The summed E-state index contributed by atoms with van der Waals surface area (Å²) < 4.78 is 26.4. The molecule has 0 bridgehead atoms. The van der Waals surface area contributed by atoms with E-state index in [1.165, 1.54) is 31.4 Å². The maximum atomic E-state index is 13.4. The lowest BCUT2D eigenvalue weighted by Crippen LogP contribution is -2.39. The Morgan fingerprint density at radius 2 is 1.91 bits per heavy atom. The van der Waals surface area contributed by atoms with Gasteiger partial charge in [-0.25, -0.2) is 13.8 Å². The van der Waals surface area contributed by atoms with E-state index in [9.17, 15) is 18.4 Å². The third-order valence-corrected chi connectivity index (χ3v) is 3.26. The molecule has 1 atom stereocenters. The van der Waals surface area contributed by atoms with Crippen LogP contribution in [0.25, 0.3) is 0 Å². The lowest BCUT2D eigenvalue weighted by atomic mass is 10.1. The predicted octanol–water partition coefficient (Wildman–Crippen LogP) is 2.23. The number of amides is 2. The number of carbonyl (C=O) groups is 2. The van der Waals surface area contributed by atoms with Gasteiger partial charge >= 0.3 is 0 Å². The van der Waals surface area contributed by atoms with Gasteiger partial charge in [0.1, 0.15) is 11.2 Å². The van der Waals surface area contributed by atoms with Crippen LogP contribution in [0.5, 0.6) is 0 Å². The first-order valence-electron chi connectivity index (χ1n) is 6.51. The Morgan fingerprint density at radius 3 is 2.52 bits per heavy atom. The number of pyridine rings is 1. The second-order valence-electron chi connectivity index (χ2n) is 4.56. The number of hydrogen-bond donors (Lipinski definition) is 2. The summed E-state index contributed by atoms with van der Waals surface area (Å²) in [5.74, 6) is -3.34. The average Bonchev–Trinajstić information content (AvgIpc) is 2.54. The van der Waals surface area contributed by atoms with E-state index in [1.807, 2.05) is 0 Å². The molecule has 0 aliphatic rings. The van der Waals surface area contributed by atoms with Crippen molar-refractivity contribution >= 4 is 23.4 Å². The molecule has 2 N–H and O–H groups in total. The van der Waals surface area contributed by atoms with Crippen LogP contribution in [0, 0.1) is 11.6 Å². The lowest BCUT2D eigenvalue weighted by molar-refractivity contribution is -0.122. The first-order chi connectivity index (χ1) is 10.9. The number of halogens is 3. The molecule has 1 aromatic carbocycles. The van der Waals surface area contributed by atoms with Crippen molar-refractivity contribution in [1.82, 2.24) is 15.6 Å². The fourth-order valence-corrected chi connectivity index (χ4v) is 2.07. The van der Waals surface area contributed by atoms with Crippen molar-refractivity contribution in [2.24, 2.45) is 0 Å². The topological polar surface area (TPSA) is 71.1 Å². The first kappa shape index (κ1) is 16.8. The Morgan fingerprint density at radius 1 is 1.17 bits per heavy atom. The summed E-state index contributed by atoms with van der Waals surface area (Å²) >= 11 is 5.71. The summed E-state index contributed by atoms with van der Waals surface area (Å²) in [5, 5.41) is 4.92. The maximum Gasteiger partial charge on any atom is 0.252 e. The van der Waals surface area contributed by atoms with Gasteiger partial charge in [-0.05, 0) is 29.8 Å². The van der Waals surface area contributed by atoms with Crippen LogP contribution in [0.15, 0.2) is 36.5 Å². The van der Waals surface area contributed by atoms with Crippen molar-refractivity contribution in [1.29, 1.82) is 0 Å². The molecule has 23 heavy (non-hydrogen) atoms. The monoisotopic (exact) mass is 339 g/mol. The number of benzene rings is 1. The van der Waals surface area contributed by atoms with E-state index in [1.54, 1.807) is 0 Å². The second kappa shape index (κ2) is 7.15. The van der Waals surface area contributed by atoms with Gasteiger partial charge in [-0.3, -0.25) is 9.59 Å². The van der Waals surface area contributed by atoms with Crippen molar-refractivity contribution in [2.75, 3.05) is 7.05 Å². The third kappa shape index (κ3) is 4.01. The third-order valence-electron chi connectivity index (χ3n) is 3.05. The van der Waals surface area contributed by atoms with Gasteiger partial charge in [-0.2, -0.15) is 0 Å². The summed E-state index contributed by atoms with van der Waals surface area (Å²) in [6.45, 7) is 0. The van der Waals surface area contributed by atoms with Crippen LogP contribution in [0.3, 0.4) is 0 Å². The number of aromatic nitrogens is 1. The first-order valence-corrected chi connectivity index (χ1v) is 6.89. The van der Waals surface area contributed by atoms with E-state index >= 15 is 0 Å². The molecule has 0 radical (unpaired) electrons. The molecule has 0 aliphatic carbocycles.